The van der Waals surface area contributed by atoms with Gasteiger partial charge in [-0.1, -0.05) is 12.1 Å². The SMILES string of the molecule is CC(C)(C)OC(=O)N1CCC(n2cccc2C(=O)NCCNC(=O)Cc2cccc(F)c2)CC1. The van der Waals surface area contributed by atoms with Gasteiger partial charge >= 0.3 is 6.09 Å². The van der Waals surface area contributed by atoms with Crippen molar-refractivity contribution in [3.8, 4) is 0 Å². The van der Waals surface area contributed by atoms with Crippen molar-refractivity contribution in [3.05, 3.63) is 59.7 Å². The van der Waals surface area contributed by atoms with Gasteiger partial charge in [-0.3, -0.25) is 9.59 Å². The molecule has 0 bridgehead atoms. The number of hydrogen-bond acceptors (Lipinski definition) is 4. The summed E-state index contributed by atoms with van der Waals surface area (Å²) in [7, 11) is 0. The van der Waals surface area contributed by atoms with Crippen LogP contribution in [0.3, 0.4) is 0 Å². The van der Waals surface area contributed by atoms with Gasteiger partial charge in [-0.2, -0.15) is 0 Å². The van der Waals surface area contributed by atoms with Crippen molar-refractivity contribution >= 4 is 17.9 Å². The molecule has 2 aromatic rings. The van der Waals surface area contributed by atoms with Crippen LogP contribution in [0.15, 0.2) is 42.6 Å². The fraction of sp³-hybridized carbons (Fsp3) is 0.480. The maximum absolute atomic E-state index is 13.2. The second-order valence-electron chi connectivity index (χ2n) is 9.41. The zero-order valence-electron chi connectivity index (χ0n) is 20.0. The second-order valence-corrected chi connectivity index (χ2v) is 9.41. The highest BCUT2D eigenvalue weighted by atomic mass is 19.1. The summed E-state index contributed by atoms with van der Waals surface area (Å²) in [6.07, 6.45) is 3.10. The lowest BCUT2D eigenvalue weighted by Gasteiger charge is -2.34. The van der Waals surface area contributed by atoms with E-state index in [9.17, 15) is 18.8 Å². The van der Waals surface area contributed by atoms with E-state index in [1.165, 1.54) is 12.1 Å². The quantitative estimate of drug-likeness (QED) is 0.605. The molecule has 1 saturated heterocycles. The summed E-state index contributed by atoms with van der Waals surface area (Å²) < 4.78 is 20.6. The minimum atomic E-state index is -0.529. The van der Waals surface area contributed by atoms with E-state index in [2.05, 4.69) is 10.6 Å². The second kappa shape index (κ2) is 11.2. The Labute approximate surface area is 199 Å². The molecule has 1 aliphatic rings. The van der Waals surface area contributed by atoms with Crippen molar-refractivity contribution in [2.24, 2.45) is 0 Å². The number of aromatic nitrogens is 1. The van der Waals surface area contributed by atoms with E-state index in [1.807, 2.05) is 37.6 Å². The number of amides is 3. The molecule has 9 heteroatoms. The average molecular weight is 473 g/mol. The number of carbonyl (C=O) groups excluding carboxylic acids is 3. The first-order chi connectivity index (χ1) is 16.1. The molecule has 2 N–H and O–H groups in total. The van der Waals surface area contributed by atoms with Gasteiger partial charge in [0, 0.05) is 38.4 Å². The number of hydrogen-bond donors (Lipinski definition) is 2. The Morgan fingerprint density at radius 1 is 1.06 bits per heavy atom. The first-order valence-corrected chi connectivity index (χ1v) is 11.6. The molecule has 0 aliphatic carbocycles. The third kappa shape index (κ3) is 7.33. The van der Waals surface area contributed by atoms with Gasteiger partial charge in [0.1, 0.15) is 17.1 Å². The van der Waals surface area contributed by atoms with E-state index in [0.29, 0.717) is 24.3 Å². The Hall–Kier alpha value is -3.36. The smallest absolute Gasteiger partial charge is 0.410 e. The van der Waals surface area contributed by atoms with Crippen LogP contribution >= 0.6 is 0 Å². The molecule has 1 aromatic carbocycles. The summed E-state index contributed by atoms with van der Waals surface area (Å²) in [5, 5.41) is 5.56. The van der Waals surface area contributed by atoms with Gasteiger partial charge in [-0.15, -0.1) is 0 Å². The molecule has 3 rings (SSSR count). The average Bonchev–Trinajstić information content (AvgIpc) is 3.25. The van der Waals surface area contributed by atoms with Crippen molar-refractivity contribution in [1.82, 2.24) is 20.1 Å². The van der Waals surface area contributed by atoms with E-state index in [1.54, 1.807) is 23.1 Å². The summed E-state index contributed by atoms with van der Waals surface area (Å²) in [5.41, 5.74) is 0.609. The van der Waals surface area contributed by atoms with Gasteiger partial charge in [0.25, 0.3) is 5.91 Å². The van der Waals surface area contributed by atoms with Crippen LogP contribution in [0.2, 0.25) is 0 Å². The molecule has 1 aromatic heterocycles. The summed E-state index contributed by atoms with van der Waals surface area (Å²) in [6, 6.07) is 9.62. The summed E-state index contributed by atoms with van der Waals surface area (Å²) in [5.74, 6) is -0.838. The van der Waals surface area contributed by atoms with Gasteiger partial charge < -0.3 is 24.8 Å². The Bertz CT molecular complexity index is 1010. The van der Waals surface area contributed by atoms with Crippen molar-refractivity contribution < 1.29 is 23.5 Å². The summed E-state index contributed by atoms with van der Waals surface area (Å²) in [6.45, 7) is 7.21. The molecule has 0 spiro atoms. The summed E-state index contributed by atoms with van der Waals surface area (Å²) in [4.78, 5) is 38.7. The third-order valence-corrected chi connectivity index (χ3v) is 5.51. The Kier molecular flexibility index (Phi) is 8.31. The lowest BCUT2D eigenvalue weighted by Crippen LogP contribution is -2.42. The highest BCUT2D eigenvalue weighted by Gasteiger charge is 2.28. The van der Waals surface area contributed by atoms with Gasteiger partial charge in [0.05, 0.1) is 6.42 Å². The number of ether oxygens (including phenoxy) is 1. The minimum absolute atomic E-state index is 0.0799. The third-order valence-electron chi connectivity index (χ3n) is 5.51. The number of nitrogens with one attached hydrogen (secondary N) is 2. The topological polar surface area (TPSA) is 92.7 Å². The fourth-order valence-electron chi connectivity index (χ4n) is 3.92. The molecule has 184 valence electrons. The maximum Gasteiger partial charge on any atom is 0.410 e. The largest absolute Gasteiger partial charge is 0.444 e. The van der Waals surface area contributed by atoms with Crippen LogP contribution in [-0.4, -0.2) is 59.2 Å². The molecule has 0 saturated carbocycles. The molecule has 1 aliphatic heterocycles. The Morgan fingerprint density at radius 3 is 2.44 bits per heavy atom. The summed E-state index contributed by atoms with van der Waals surface area (Å²) >= 11 is 0. The van der Waals surface area contributed by atoms with Crippen LogP contribution in [0.1, 0.15) is 55.7 Å². The van der Waals surface area contributed by atoms with E-state index < -0.39 is 5.60 Å². The lowest BCUT2D eigenvalue weighted by molar-refractivity contribution is -0.120. The first-order valence-electron chi connectivity index (χ1n) is 11.6. The standard InChI is InChI=1S/C25H33FN4O4/c1-25(2,3)34-24(33)29-14-9-20(10-15-29)30-13-5-8-21(30)23(32)28-12-11-27-22(31)17-18-6-4-7-19(26)16-18/h4-8,13,16,20H,9-12,14-15,17H2,1-3H3,(H,27,31)(H,28,32). The molecule has 0 radical (unpaired) electrons. The van der Waals surface area contributed by atoms with Gasteiger partial charge in [0.2, 0.25) is 5.91 Å². The number of carbonyl (C=O) groups is 3. The molecular weight excluding hydrogens is 439 g/mol. The normalized spacial score (nSPS) is 14.5. The number of halogens is 1. The maximum atomic E-state index is 13.2. The number of piperidine rings is 1. The van der Waals surface area contributed by atoms with Crippen LogP contribution in [0.4, 0.5) is 9.18 Å². The van der Waals surface area contributed by atoms with Crippen molar-refractivity contribution in [3.63, 3.8) is 0 Å². The van der Waals surface area contributed by atoms with Crippen LogP contribution < -0.4 is 10.6 Å². The van der Waals surface area contributed by atoms with Crippen LogP contribution in [0.25, 0.3) is 0 Å². The molecule has 2 heterocycles. The fourth-order valence-corrected chi connectivity index (χ4v) is 3.92. The lowest BCUT2D eigenvalue weighted by atomic mass is 10.0. The number of rotatable bonds is 7. The zero-order valence-corrected chi connectivity index (χ0v) is 20.0. The van der Waals surface area contributed by atoms with E-state index in [0.717, 1.165) is 12.8 Å². The molecule has 34 heavy (non-hydrogen) atoms. The van der Waals surface area contributed by atoms with Crippen LogP contribution in [0, 0.1) is 5.82 Å². The molecule has 0 atom stereocenters. The van der Waals surface area contributed by atoms with Gasteiger partial charge in [-0.05, 0) is 63.4 Å². The van der Waals surface area contributed by atoms with Gasteiger partial charge in [-0.25, -0.2) is 9.18 Å². The highest BCUT2D eigenvalue weighted by molar-refractivity contribution is 5.92. The molecule has 3 amide bonds. The highest BCUT2D eigenvalue weighted by Crippen LogP contribution is 2.25. The van der Waals surface area contributed by atoms with E-state index in [4.69, 9.17) is 4.74 Å². The van der Waals surface area contributed by atoms with Crippen molar-refractivity contribution in [2.45, 2.75) is 51.7 Å². The van der Waals surface area contributed by atoms with Crippen LogP contribution in [-0.2, 0) is 16.0 Å². The van der Waals surface area contributed by atoms with Crippen molar-refractivity contribution in [1.29, 1.82) is 0 Å². The van der Waals surface area contributed by atoms with Crippen molar-refractivity contribution in [2.75, 3.05) is 26.2 Å². The molecule has 8 nitrogen and oxygen atoms in total. The van der Waals surface area contributed by atoms with E-state index >= 15 is 0 Å². The molecular formula is C25H33FN4O4. The number of likely N-dealkylation sites (tertiary alicyclic amines) is 1. The molecule has 0 unspecified atom stereocenters. The minimum Gasteiger partial charge on any atom is -0.444 e. The zero-order chi connectivity index (χ0) is 24.7. The Morgan fingerprint density at radius 2 is 1.76 bits per heavy atom. The number of benzene rings is 1. The first kappa shape index (κ1) is 25.3. The monoisotopic (exact) mass is 472 g/mol. The van der Waals surface area contributed by atoms with E-state index in [-0.39, 0.29) is 49.3 Å². The van der Waals surface area contributed by atoms with Gasteiger partial charge in [0.15, 0.2) is 0 Å². The predicted octanol–water partition coefficient (Wildman–Crippen LogP) is 3.29. The Balaban J connectivity index is 1.43. The number of nitrogens with zero attached hydrogens (tertiary/aromatic N) is 2. The predicted molar refractivity (Wildman–Crippen MR) is 126 cm³/mol. The molecule has 1 fully saturated rings. The van der Waals surface area contributed by atoms with Crippen LogP contribution in [0.5, 0.6) is 0 Å².